The van der Waals surface area contributed by atoms with Gasteiger partial charge < -0.3 is 5.32 Å². The number of amides is 1. The van der Waals surface area contributed by atoms with Crippen molar-refractivity contribution in [2.75, 3.05) is 0 Å². The molecule has 1 aliphatic carbocycles. The van der Waals surface area contributed by atoms with Crippen LogP contribution in [0.2, 0.25) is 0 Å². The summed E-state index contributed by atoms with van der Waals surface area (Å²) >= 11 is 0. The molecule has 0 bridgehead atoms. The minimum Gasteiger partial charge on any atom is -0.325 e. The smallest absolute Gasteiger partial charge is 0.280 e. The van der Waals surface area contributed by atoms with E-state index in [1.807, 2.05) is 0 Å². The molecular formula is C12H13F2N2OP. The maximum Gasteiger partial charge on any atom is 0.280 e. The van der Waals surface area contributed by atoms with Crippen molar-refractivity contribution in [3.05, 3.63) is 35.6 Å². The van der Waals surface area contributed by atoms with E-state index in [4.69, 9.17) is 5.26 Å². The van der Waals surface area contributed by atoms with Gasteiger partial charge in [-0.2, -0.15) is 14.0 Å². The van der Waals surface area contributed by atoms with Crippen LogP contribution in [0.25, 0.3) is 0 Å². The Morgan fingerprint density at radius 3 is 2.72 bits per heavy atom. The van der Waals surface area contributed by atoms with Crippen LogP contribution in [-0.2, 0) is 4.79 Å². The van der Waals surface area contributed by atoms with E-state index in [-0.39, 0.29) is 17.6 Å². The molecule has 0 heterocycles. The van der Waals surface area contributed by atoms with Crippen LogP contribution in [0.15, 0.2) is 35.6 Å². The topological polar surface area (TPSA) is 52.9 Å². The molecular weight excluding hydrogens is 257 g/mol. The summed E-state index contributed by atoms with van der Waals surface area (Å²) < 4.78 is 26.2. The van der Waals surface area contributed by atoms with E-state index in [0.717, 1.165) is 0 Å². The number of hydrogen-bond donors (Lipinski definition) is 1. The molecule has 1 unspecified atom stereocenters. The predicted molar refractivity (Wildman–Crippen MR) is 67.6 cm³/mol. The van der Waals surface area contributed by atoms with Crippen LogP contribution in [-0.4, -0.2) is 11.6 Å². The number of nitrogens with zero attached hydrogens (tertiary/aromatic N) is 1. The van der Waals surface area contributed by atoms with Gasteiger partial charge in [-0.3, -0.25) is 4.79 Å². The lowest BCUT2D eigenvalue weighted by molar-refractivity contribution is -0.116. The molecule has 0 saturated carbocycles. The number of nitrogens with one attached hydrogen (secondary N) is 1. The van der Waals surface area contributed by atoms with Gasteiger partial charge in [-0.05, 0) is 25.3 Å². The molecule has 0 fully saturated rings. The molecule has 0 aromatic carbocycles. The Balaban J connectivity index is 2.78. The standard InChI is InChI=1S/C12H13F2N2OP/c1-8(7-15)11(17)16-10-4-2-3-9(5-6-10)12(13,14)18/h5-6H,1-4,18H2,(H,16,17). The van der Waals surface area contributed by atoms with Gasteiger partial charge >= 0.3 is 0 Å². The van der Waals surface area contributed by atoms with E-state index in [1.165, 1.54) is 21.4 Å². The van der Waals surface area contributed by atoms with Gasteiger partial charge in [-0.25, -0.2) is 0 Å². The van der Waals surface area contributed by atoms with Crippen molar-refractivity contribution >= 4 is 15.1 Å². The molecule has 1 aliphatic rings. The van der Waals surface area contributed by atoms with Gasteiger partial charge in [-0.15, -0.1) is 0 Å². The maximum atomic E-state index is 13.1. The van der Waals surface area contributed by atoms with Gasteiger partial charge in [-0.1, -0.05) is 21.9 Å². The number of carbonyl (C=O) groups excluding carboxylic acids is 1. The fourth-order valence-corrected chi connectivity index (χ4v) is 1.73. The first kappa shape index (κ1) is 14.5. The molecule has 1 atom stereocenters. The molecule has 0 radical (unpaired) electrons. The van der Waals surface area contributed by atoms with Gasteiger partial charge in [0.05, 0.1) is 0 Å². The van der Waals surface area contributed by atoms with Crippen molar-refractivity contribution in [2.24, 2.45) is 0 Å². The Morgan fingerprint density at radius 1 is 1.50 bits per heavy atom. The van der Waals surface area contributed by atoms with Gasteiger partial charge in [0.15, 0.2) is 0 Å². The Morgan fingerprint density at radius 2 is 2.17 bits per heavy atom. The lowest BCUT2D eigenvalue weighted by atomic mass is 10.1. The van der Waals surface area contributed by atoms with Gasteiger partial charge in [0.1, 0.15) is 11.6 Å². The molecule has 18 heavy (non-hydrogen) atoms. The van der Waals surface area contributed by atoms with Crippen LogP contribution in [0.4, 0.5) is 8.78 Å². The Kier molecular flexibility index (Phi) is 4.75. The monoisotopic (exact) mass is 270 g/mol. The summed E-state index contributed by atoms with van der Waals surface area (Å²) in [6.45, 7) is 3.28. The highest BCUT2D eigenvalue weighted by Crippen LogP contribution is 2.35. The number of nitriles is 1. The molecule has 0 aromatic rings. The highest BCUT2D eigenvalue weighted by molar-refractivity contribution is 7.18. The summed E-state index contributed by atoms with van der Waals surface area (Å²) in [4.78, 5) is 11.4. The SMILES string of the molecule is C=C(C#N)C(=O)NC1=CC=C(C(F)(F)P)CCC1. The quantitative estimate of drug-likeness (QED) is 0.487. The van der Waals surface area contributed by atoms with Crippen molar-refractivity contribution in [1.82, 2.24) is 5.32 Å². The Bertz CT molecular complexity index is 469. The van der Waals surface area contributed by atoms with Crippen molar-refractivity contribution in [3.8, 4) is 6.07 Å². The minimum absolute atomic E-state index is 0.0101. The van der Waals surface area contributed by atoms with Crippen LogP contribution in [0.3, 0.4) is 0 Å². The summed E-state index contributed by atoms with van der Waals surface area (Å²) in [7, 11) is 1.50. The van der Waals surface area contributed by atoms with E-state index >= 15 is 0 Å². The molecule has 0 spiro atoms. The summed E-state index contributed by atoms with van der Waals surface area (Å²) in [6.07, 6.45) is 4.02. The second-order valence-electron chi connectivity index (χ2n) is 3.90. The average molecular weight is 270 g/mol. The Labute approximate surface area is 106 Å². The molecule has 1 amide bonds. The van der Waals surface area contributed by atoms with E-state index in [1.54, 1.807) is 6.07 Å². The zero-order valence-electron chi connectivity index (χ0n) is 9.67. The number of hydrogen-bond acceptors (Lipinski definition) is 2. The zero-order valence-corrected chi connectivity index (χ0v) is 10.8. The third kappa shape index (κ3) is 4.05. The predicted octanol–water partition coefficient (Wildman–Crippen LogP) is 2.64. The second-order valence-corrected chi connectivity index (χ2v) is 4.63. The van der Waals surface area contributed by atoms with Gasteiger partial charge in [0.25, 0.3) is 11.6 Å². The first-order valence-corrected chi connectivity index (χ1v) is 5.89. The van der Waals surface area contributed by atoms with Gasteiger partial charge in [0.2, 0.25) is 0 Å². The van der Waals surface area contributed by atoms with Crippen LogP contribution in [0, 0.1) is 11.3 Å². The summed E-state index contributed by atoms with van der Waals surface area (Å²) in [5.41, 5.74) is -2.61. The van der Waals surface area contributed by atoms with Crippen molar-refractivity contribution in [3.63, 3.8) is 0 Å². The average Bonchev–Trinajstić information content (AvgIpc) is 2.52. The number of halogens is 2. The van der Waals surface area contributed by atoms with Gasteiger partial charge in [0, 0.05) is 11.3 Å². The largest absolute Gasteiger partial charge is 0.325 e. The van der Waals surface area contributed by atoms with Crippen LogP contribution in [0.5, 0.6) is 0 Å². The van der Waals surface area contributed by atoms with E-state index in [2.05, 4.69) is 11.9 Å². The Hall–Kier alpha value is -1.53. The third-order valence-electron chi connectivity index (χ3n) is 2.49. The third-order valence-corrected chi connectivity index (χ3v) is 2.86. The van der Waals surface area contributed by atoms with Crippen molar-refractivity contribution in [2.45, 2.75) is 24.9 Å². The lowest BCUT2D eigenvalue weighted by Gasteiger charge is -2.12. The molecule has 0 aromatic heterocycles. The number of carbonyl (C=O) groups is 1. The number of allylic oxidation sites excluding steroid dienone is 4. The molecule has 6 heteroatoms. The summed E-state index contributed by atoms with van der Waals surface area (Å²) in [6, 6.07) is 1.63. The molecule has 1 N–H and O–H groups in total. The first-order chi connectivity index (χ1) is 8.34. The van der Waals surface area contributed by atoms with Crippen LogP contribution < -0.4 is 5.32 Å². The molecule has 0 saturated heterocycles. The number of alkyl halides is 2. The molecule has 3 nitrogen and oxygen atoms in total. The number of rotatable bonds is 3. The highest BCUT2D eigenvalue weighted by Gasteiger charge is 2.27. The van der Waals surface area contributed by atoms with Crippen LogP contribution >= 0.6 is 9.24 Å². The normalized spacial score (nSPS) is 15.9. The molecule has 1 rings (SSSR count). The maximum absolute atomic E-state index is 13.1. The second kappa shape index (κ2) is 5.88. The first-order valence-electron chi connectivity index (χ1n) is 5.32. The summed E-state index contributed by atoms with van der Waals surface area (Å²) in [5, 5.41) is 11.0. The fraction of sp³-hybridized carbons (Fsp3) is 0.333. The lowest BCUT2D eigenvalue weighted by Crippen LogP contribution is -2.23. The van der Waals surface area contributed by atoms with E-state index < -0.39 is 11.6 Å². The van der Waals surface area contributed by atoms with Crippen molar-refractivity contribution < 1.29 is 13.6 Å². The highest BCUT2D eigenvalue weighted by atomic mass is 31.0. The zero-order chi connectivity index (χ0) is 13.8. The van der Waals surface area contributed by atoms with E-state index in [0.29, 0.717) is 18.5 Å². The van der Waals surface area contributed by atoms with E-state index in [9.17, 15) is 13.6 Å². The van der Waals surface area contributed by atoms with Crippen LogP contribution in [0.1, 0.15) is 19.3 Å². The molecule has 96 valence electrons. The fourth-order valence-electron chi connectivity index (χ4n) is 1.49. The minimum atomic E-state index is -2.92. The molecule has 0 aliphatic heterocycles. The summed E-state index contributed by atoms with van der Waals surface area (Å²) in [5.74, 6) is -0.599. The van der Waals surface area contributed by atoms with Crippen molar-refractivity contribution in [1.29, 1.82) is 5.26 Å².